The Hall–Kier alpha value is -3.44. The van der Waals surface area contributed by atoms with Crippen molar-refractivity contribution < 1.29 is 24.2 Å². The van der Waals surface area contributed by atoms with Gasteiger partial charge in [0.15, 0.2) is 6.10 Å². The van der Waals surface area contributed by atoms with Crippen LogP contribution in [0, 0.1) is 0 Å². The third-order valence-corrected chi connectivity index (χ3v) is 11.1. The molecular weight excluding hydrogens is 789 g/mol. The van der Waals surface area contributed by atoms with Crippen molar-refractivity contribution in [2.75, 3.05) is 13.2 Å². The van der Waals surface area contributed by atoms with Gasteiger partial charge in [-0.25, -0.2) is 0 Å². The van der Waals surface area contributed by atoms with E-state index in [4.69, 9.17) is 9.47 Å². The van der Waals surface area contributed by atoms with E-state index in [1.165, 1.54) is 103 Å². The number of hydrogen-bond donors (Lipinski definition) is 1. The molecule has 5 nitrogen and oxygen atoms in total. The molecule has 64 heavy (non-hydrogen) atoms. The molecule has 0 fully saturated rings. The number of carbonyl (C=O) groups excluding carboxylic acids is 2. The molecule has 0 aromatic carbocycles. The summed E-state index contributed by atoms with van der Waals surface area (Å²) in [7, 11) is 0. The van der Waals surface area contributed by atoms with Crippen molar-refractivity contribution in [3.8, 4) is 0 Å². The van der Waals surface area contributed by atoms with Crippen LogP contribution in [0.15, 0.2) is 109 Å². The minimum absolute atomic E-state index is 0.0836. The second kappa shape index (κ2) is 53.9. The third-order valence-electron chi connectivity index (χ3n) is 11.1. The first-order valence-electron chi connectivity index (χ1n) is 26.4. The monoisotopic (exact) mass is 887 g/mol. The quantitative estimate of drug-likeness (QED) is 0.0374. The van der Waals surface area contributed by atoms with Crippen LogP contribution in [0.4, 0.5) is 0 Å². The van der Waals surface area contributed by atoms with Crippen LogP contribution in [0.3, 0.4) is 0 Å². The standard InChI is InChI=1S/C59H98O5/c1-3-5-7-9-11-13-15-17-19-21-23-24-25-26-27-28-29-30-31-32-33-34-36-37-39-41-43-45-47-49-51-53-58(61)63-56-57(55-60)64-59(62)54-52-50-48-46-44-42-40-38-35-22-20-18-16-14-12-10-8-6-4-2/h5-8,11-14,17-20,23-24,35,38,42,44,57,60H,3-4,9-10,15-16,21-22,25-34,36-37,39-41,43,45-56H2,1-2H3/b7-5-,8-6-,13-11-,14-12-,19-17-,20-18-,24-23-,38-35-,44-42-. The second-order valence-corrected chi connectivity index (χ2v) is 17.2. The Labute approximate surface area is 395 Å². The summed E-state index contributed by atoms with van der Waals surface area (Å²) < 4.78 is 10.7. The van der Waals surface area contributed by atoms with Crippen molar-refractivity contribution in [2.24, 2.45) is 0 Å². The molecule has 0 saturated heterocycles. The number of unbranched alkanes of at least 4 members (excludes halogenated alkanes) is 21. The van der Waals surface area contributed by atoms with Crippen LogP contribution in [-0.2, 0) is 19.1 Å². The highest BCUT2D eigenvalue weighted by atomic mass is 16.6. The molecule has 0 amide bonds. The van der Waals surface area contributed by atoms with Gasteiger partial charge >= 0.3 is 11.9 Å². The van der Waals surface area contributed by atoms with Crippen molar-refractivity contribution in [3.63, 3.8) is 0 Å². The number of allylic oxidation sites excluding steroid dienone is 18. The topological polar surface area (TPSA) is 72.8 Å². The molecule has 0 bridgehead atoms. The number of rotatable bonds is 47. The van der Waals surface area contributed by atoms with E-state index in [1.54, 1.807) is 0 Å². The normalized spacial score (nSPS) is 13.1. The molecule has 0 aliphatic carbocycles. The van der Waals surface area contributed by atoms with Gasteiger partial charge < -0.3 is 14.6 Å². The molecule has 364 valence electrons. The first-order valence-corrected chi connectivity index (χ1v) is 26.4. The summed E-state index contributed by atoms with van der Waals surface area (Å²) in [6.45, 7) is 3.89. The molecule has 0 aliphatic heterocycles. The van der Waals surface area contributed by atoms with Gasteiger partial charge in [-0.1, -0.05) is 232 Å². The molecule has 1 N–H and O–H groups in total. The Morgan fingerprint density at radius 2 is 0.625 bits per heavy atom. The molecule has 0 aromatic rings. The number of ether oxygens (including phenoxy) is 2. The summed E-state index contributed by atoms with van der Waals surface area (Å²) in [4.78, 5) is 24.5. The largest absolute Gasteiger partial charge is 0.462 e. The molecular formula is C59H98O5. The molecule has 5 heteroatoms. The first kappa shape index (κ1) is 60.6. The van der Waals surface area contributed by atoms with E-state index in [0.29, 0.717) is 12.8 Å². The maximum Gasteiger partial charge on any atom is 0.306 e. The molecule has 0 rings (SSSR count). The summed E-state index contributed by atoms with van der Waals surface area (Å²) in [5.74, 6) is -0.629. The zero-order chi connectivity index (χ0) is 46.3. The van der Waals surface area contributed by atoms with Crippen molar-refractivity contribution in [1.82, 2.24) is 0 Å². The van der Waals surface area contributed by atoms with E-state index < -0.39 is 6.10 Å². The van der Waals surface area contributed by atoms with E-state index in [9.17, 15) is 14.7 Å². The van der Waals surface area contributed by atoms with Crippen molar-refractivity contribution in [3.05, 3.63) is 109 Å². The molecule has 0 saturated carbocycles. The van der Waals surface area contributed by atoms with Gasteiger partial charge in [0.25, 0.3) is 0 Å². The van der Waals surface area contributed by atoms with Crippen molar-refractivity contribution in [2.45, 2.75) is 238 Å². The lowest BCUT2D eigenvalue weighted by Crippen LogP contribution is -2.28. The lowest BCUT2D eigenvalue weighted by atomic mass is 10.0. The predicted octanol–water partition coefficient (Wildman–Crippen LogP) is 17.7. The fourth-order valence-corrected chi connectivity index (χ4v) is 7.16. The van der Waals surface area contributed by atoms with Gasteiger partial charge in [0.05, 0.1) is 6.61 Å². The van der Waals surface area contributed by atoms with Gasteiger partial charge in [0, 0.05) is 12.8 Å². The molecule has 0 radical (unpaired) electrons. The number of carbonyl (C=O) groups is 2. The minimum Gasteiger partial charge on any atom is -0.462 e. The first-order chi connectivity index (χ1) is 31.6. The smallest absolute Gasteiger partial charge is 0.306 e. The zero-order valence-electron chi connectivity index (χ0n) is 41.5. The Kier molecular flexibility index (Phi) is 51.0. The average Bonchev–Trinajstić information content (AvgIpc) is 3.30. The maximum atomic E-state index is 12.2. The van der Waals surface area contributed by atoms with Crippen molar-refractivity contribution in [1.29, 1.82) is 0 Å². The summed E-state index contributed by atoms with van der Waals surface area (Å²) in [6, 6.07) is 0. The molecule has 0 aliphatic rings. The van der Waals surface area contributed by atoms with Gasteiger partial charge in [-0.05, 0) is 96.3 Å². The van der Waals surface area contributed by atoms with Crippen LogP contribution in [0.25, 0.3) is 0 Å². The van der Waals surface area contributed by atoms with Gasteiger partial charge in [-0.15, -0.1) is 0 Å². The third kappa shape index (κ3) is 51.2. The van der Waals surface area contributed by atoms with Crippen LogP contribution in [0.5, 0.6) is 0 Å². The maximum absolute atomic E-state index is 12.2. The molecule has 0 heterocycles. The fraction of sp³-hybridized carbons (Fsp3) is 0.661. The molecule has 1 unspecified atom stereocenters. The van der Waals surface area contributed by atoms with Gasteiger partial charge in [0.2, 0.25) is 0 Å². The van der Waals surface area contributed by atoms with E-state index in [-0.39, 0.29) is 25.2 Å². The Bertz CT molecular complexity index is 1280. The van der Waals surface area contributed by atoms with Crippen LogP contribution in [-0.4, -0.2) is 36.4 Å². The number of esters is 2. The summed E-state index contributed by atoms with van der Waals surface area (Å²) in [5, 5.41) is 9.62. The van der Waals surface area contributed by atoms with Gasteiger partial charge in [0.1, 0.15) is 6.61 Å². The van der Waals surface area contributed by atoms with Crippen LogP contribution in [0.1, 0.15) is 232 Å². The molecule has 0 spiro atoms. The minimum atomic E-state index is -0.795. The number of aliphatic hydroxyl groups is 1. The highest BCUT2D eigenvalue weighted by Gasteiger charge is 2.16. The van der Waals surface area contributed by atoms with Crippen LogP contribution >= 0.6 is 0 Å². The van der Waals surface area contributed by atoms with E-state index in [1.807, 2.05) is 0 Å². The summed E-state index contributed by atoms with van der Waals surface area (Å²) >= 11 is 0. The van der Waals surface area contributed by atoms with Crippen LogP contribution in [0.2, 0.25) is 0 Å². The number of aliphatic hydroxyl groups excluding tert-OH is 1. The molecule has 0 aromatic heterocycles. The lowest BCUT2D eigenvalue weighted by molar-refractivity contribution is -0.161. The van der Waals surface area contributed by atoms with E-state index in [2.05, 4.69) is 123 Å². The molecule has 1 atom stereocenters. The Morgan fingerprint density at radius 1 is 0.359 bits per heavy atom. The fourth-order valence-electron chi connectivity index (χ4n) is 7.16. The van der Waals surface area contributed by atoms with Gasteiger partial charge in [-0.2, -0.15) is 0 Å². The summed E-state index contributed by atoms with van der Waals surface area (Å²) in [5.41, 5.74) is 0. The van der Waals surface area contributed by atoms with Crippen LogP contribution < -0.4 is 0 Å². The highest BCUT2D eigenvalue weighted by Crippen LogP contribution is 2.15. The van der Waals surface area contributed by atoms with Gasteiger partial charge in [-0.3, -0.25) is 9.59 Å². The predicted molar refractivity (Wildman–Crippen MR) is 279 cm³/mol. The number of hydrogen-bond acceptors (Lipinski definition) is 5. The summed E-state index contributed by atoms with van der Waals surface area (Å²) in [6.07, 6.45) is 77.7. The second-order valence-electron chi connectivity index (χ2n) is 17.2. The SMILES string of the molecule is CC/C=C\C/C=C\C/C=C\C/C=C\C/C=C\CCCCCC(=O)OC(CO)COC(=O)CCCCCCCCCCCCCCCCCCCC/C=C\C/C=C\C/C=C\C/C=C\CC. The zero-order valence-corrected chi connectivity index (χ0v) is 41.5. The Morgan fingerprint density at radius 3 is 0.953 bits per heavy atom. The van der Waals surface area contributed by atoms with E-state index in [0.717, 1.165) is 103 Å². The Balaban J connectivity index is 3.52. The van der Waals surface area contributed by atoms with Crippen molar-refractivity contribution >= 4 is 11.9 Å². The highest BCUT2D eigenvalue weighted by molar-refractivity contribution is 5.70. The lowest BCUT2D eigenvalue weighted by Gasteiger charge is -2.15. The van der Waals surface area contributed by atoms with E-state index >= 15 is 0 Å². The average molecular weight is 887 g/mol.